The topological polar surface area (TPSA) is 76.6 Å². The fourth-order valence-electron chi connectivity index (χ4n) is 5.42. The Kier molecular flexibility index (Phi) is 4.14. The number of pyridine rings is 2. The number of para-hydroxylation sites is 1. The number of aromatic nitrogens is 2. The lowest BCUT2D eigenvalue weighted by Crippen LogP contribution is -2.47. The number of ether oxygens (including phenoxy) is 2. The Morgan fingerprint density at radius 2 is 1.86 bits per heavy atom. The molecule has 0 unspecified atom stereocenters. The van der Waals surface area contributed by atoms with E-state index in [-0.39, 0.29) is 22.8 Å². The summed E-state index contributed by atoms with van der Waals surface area (Å²) in [7, 11) is 0. The number of amides is 1. The summed E-state index contributed by atoms with van der Waals surface area (Å²) in [5.74, 6) is -0.937. The van der Waals surface area contributed by atoms with Crippen LogP contribution in [0.25, 0.3) is 10.9 Å². The Morgan fingerprint density at radius 1 is 1.09 bits per heavy atom. The zero-order valence-corrected chi connectivity index (χ0v) is 18.5. The van der Waals surface area contributed by atoms with Crippen molar-refractivity contribution in [3.63, 3.8) is 0 Å². The summed E-state index contributed by atoms with van der Waals surface area (Å²) in [5, 5.41) is 3.27. The summed E-state index contributed by atoms with van der Waals surface area (Å²) in [6, 6.07) is 8.49. The first-order chi connectivity index (χ1) is 17.9. The van der Waals surface area contributed by atoms with E-state index in [1.54, 1.807) is 12.1 Å². The van der Waals surface area contributed by atoms with Crippen LogP contribution < -0.4 is 10.2 Å². The number of carbonyl (C=O) groups is 1. The molecular weight excluding hydrogens is 461 g/mol. The van der Waals surface area contributed by atoms with E-state index in [4.69, 9.17) is 13.6 Å². The summed E-state index contributed by atoms with van der Waals surface area (Å²) in [4.78, 5) is 22.9. The molecule has 1 aliphatic carbocycles. The SMILES string of the molecule is [2H]C([2H])([2H])N1C(=O)C2(CCC3(CC2)OCCO3)c2cc(Nc3ccc4cccc(C(F)(F)F)c4n3)ncc21. The molecule has 6 rings (SSSR count). The molecule has 0 bridgehead atoms. The van der Waals surface area contributed by atoms with Crippen molar-refractivity contribution >= 4 is 34.1 Å². The van der Waals surface area contributed by atoms with Gasteiger partial charge in [0, 0.05) is 29.3 Å². The number of nitrogens with one attached hydrogen (secondary N) is 1. The average Bonchev–Trinajstić information content (AvgIpc) is 3.40. The third-order valence-electron chi connectivity index (χ3n) is 7.21. The van der Waals surface area contributed by atoms with Crippen molar-refractivity contribution in [3.8, 4) is 0 Å². The number of hydrogen-bond donors (Lipinski definition) is 1. The minimum Gasteiger partial charge on any atom is -0.348 e. The summed E-state index contributed by atoms with van der Waals surface area (Å²) in [5.41, 5.74) is -1.48. The molecule has 2 aliphatic heterocycles. The first-order valence-corrected chi connectivity index (χ1v) is 11.3. The van der Waals surface area contributed by atoms with Crippen LogP contribution in [0.4, 0.5) is 30.5 Å². The number of halogens is 3. The zero-order valence-electron chi connectivity index (χ0n) is 21.5. The molecule has 0 atom stereocenters. The van der Waals surface area contributed by atoms with Crippen molar-refractivity contribution in [1.82, 2.24) is 9.97 Å². The van der Waals surface area contributed by atoms with Gasteiger partial charge in [-0.3, -0.25) is 4.79 Å². The molecule has 0 radical (unpaired) electrons. The maximum Gasteiger partial charge on any atom is 0.418 e. The molecule has 2 aromatic heterocycles. The minimum absolute atomic E-state index is 0.128. The van der Waals surface area contributed by atoms with Gasteiger partial charge in [0.15, 0.2) is 5.79 Å². The highest BCUT2D eigenvalue weighted by atomic mass is 19.4. The molecule has 1 saturated heterocycles. The fraction of sp³-hybridized carbons (Fsp3) is 0.400. The van der Waals surface area contributed by atoms with Crippen LogP contribution >= 0.6 is 0 Å². The number of likely N-dealkylation sites (N-methyl/N-ethyl adjacent to an activating group) is 1. The quantitative estimate of drug-likeness (QED) is 0.553. The van der Waals surface area contributed by atoms with Gasteiger partial charge in [0.05, 0.1) is 41.6 Å². The minimum atomic E-state index is -4.58. The third-order valence-corrected chi connectivity index (χ3v) is 7.21. The van der Waals surface area contributed by atoms with Gasteiger partial charge in [-0.2, -0.15) is 13.2 Å². The molecular formula is C25H23F3N4O3. The molecule has 1 amide bonds. The van der Waals surface area contributed by atoms with Gasteiger partial charge in [0.1, 0.15) is 11.6 Å². The maximum atomic E-state index is 13.7. The van der Waals surface area contributed by atoms with Crippen LogP contribution in [0.1, 0.15) is 40.9 Å². The van der Waals surface area contributed by atoms with Crippen molar-refractivity contribution in [2.45, 2.75) is 43.1 Å². The van der Waals surface area contributed by atoms with Gasteiger partial charge < -0.3 is 19.7 Å². The van der Waals surface area contributed by atoms with E-state index in [2.05, 4.69) is 15.3 Å². The van der Waals surface area contributed by atoms with E-state index < -0.39 is 35.8 Å². The first kappa shape index (κ1) is 19.0. The second-order valence-corrected chi connectivity index (χ2v) is 9.11. The number of nitrogens with zero attached hydrogens (tertiary/aromatic N) is 3. The molecule has 182 valence electrons. The highest BCUT2D eigenvalue weighted by molar-refractivity contribution is 6.08. The van der Waals surface area contributed by atoms with E-state index in [0.717, 1.165) is 11.0 Å². The van der Waals surface area contributed by atoms with Crippen LogP contribution in [0.15, 0.2) is 42.6 Å². The summed E-state index contributed by atoms with van der Waals surface area (Å²) < 4.78 is 76.1. The lowest BCUT2D eigenvalue weighted by molar-refractivity contribution is -0.185. The van der Waals surface area contributed by atoms with Crippen LogP contribution in [0.3, 0.4) is 0 Å². The fourth-order valence-corrected chi connectivity index (χ4v) is 5.42. The summed E-state index contributed by atoms with van der Waals surface area (Å²) >= 11 is 0. The maximum absolute atomic E-state index is 13.7. The summed E-state index contributed by atoms with van der Waals surface area (Å²) in [6.45, 7) is -1.78. The van der Waals surface area contributed by atoms with E-state index in [9.17, 15) is 18.0 Å². The molecule has 1 saturated carbocycles. The highest BCUT2D eigenvalue weighted by Gasteiger charge is 2.55. The lowest BCUT2D eigenvalue weighted by atomic mass is 9.68. The van der Waals surface area contributed by atoms with Crippen molar-refractivity contribution < 1.29 is 31.6 Å². The van der Waals surface area contributed by atoms with Gasteiger partial charge >= 0.3 is 6.18 Å². The van der Waals surface area contributed by atoms with Crippen molar-refractivity contribution in [2.75, 3.05) is 30.4 Å². The highest BCUT2D eigenvalue weighted by Crippen LogP contribution is 2.53. The summed E-state index contributed by atoms with van der Waals surface area (Å²) in [6.07, 6.45) is -1.79. The van der Waals surface area contributed by atoms with E-state index >= 15 is 0 Å². The number of rotatable bonds is 2. The molecule has 2 fully saturated rings. The molecule has 35 heavy (non-hydrogen) atoms. The number of anilines is 3. The Labute approximate surface area is 203 Å². The Balaban J connectivity index is 1.38. The Morgan fingerprint density at radius 3 is 2.57 bits per heavy atom. The Bertz CT molecular complexity index is 1430. The van der Waals surface area contributed by atoms with Gasteiger partial charge in [-0.15, -0.1) is 0 Å². The van der Waals surface area contributed by atoms with Crippen LogP contribution in [-0.4, -0.2) is 41.9 Å². The third kappa shape index (κ3) is 3.46. The Hall–Kier alpha value is -3.24. The van der Waals surface area contributed by atoms with Crippen LogP contribution in [0, 0.1) is 0 Å². The molecule has 3 aliphatic rings. The predicted octanol–water partition coefficient (Wildman–Crippen LogP) is 4.92. The van der Waals surface area contributed by atoms with Crippen LogP contribution in [0.5, 0.6) is 0 Å². The number of hydrogen-bond acceptors (Lipinski definition) is 6. The standard InChI is InChI=1S/C25H23F3N4O3/c1-32-18-14-29-20(30-19-6-5-15-3-2-4-16(21(15)31-19)25(26,27)28)13-17(18)23(22(32)33)7-9-24(10-8-23)34-11-12-35-24/h2-6,13-14H,7-12H2,1H3,(H,29,30,31)/i1D3. The second kappa shape index (κ2) is 7.63. The molecule has 3 aromatic rings. The molecule has 1 N–H and O–H groups in total. The second-order valence-electron chi connectivity index (χ2n) is 9.11. The molecule has 4 heterocycles. The first-order valence-electron chi connectivity index (χ1n) is 12.8. The van der Waals surface area contributed by atoms with Crippen molar-refractivity contribution in [1.29, 1.82) is 0 Å². The van der Waals surface area contributed by atoms with Gasteiger partial charge in [0.25, 0.3) is 0 Å². The predicted molar refractivity (Wildman–Crippen MR) is 122 cm³/mol. The lowest BCUT2D eigenvalue weighted by Gasteiger charge is -2.40. The molecule has 10 heteroatoms. The molecule has 2 spiro atoms. The van der Waals surface area contributed by atoms with Gasteiger partial charge in [-0.1, -0.05) is 12.1 Å². The van der Waals surface area contributed by atoms with E-state index in [1.165, 1.54) is 24.4 Å². The van der Waals surface area contributed by atoms with Gasteiger partial charge in [-0.25, -0.2) is 9.97 Å². The van der Waals surface area contributed by atoms with Crippen molar-refractivity contribution in [3.05, 3.63) is 53.7 Å². The normalized spacial score (nSPS) is 22.3. The van der Waals surface area contributed by atoms with Gasteiger partial charge in [0.2, 0.25) is 5.91 Å². The average molecular weight is 487 g/mol. The zero-order chi connectivity index (χ0) is 26.9. The van der Waals surface area contributed by atoms with E-state index in [0.29, 0.717) is 49.8 Å². The molecule has 1 aromatic carbocycles. The number of carbonyl (C=O) groups excluding carboxylic acids is 1. The van der Waals surface area contributed by atoms with E-state index in [1.807, 2.05) is 0 Å². The van der Waals surface area contributed by atoms with Crippen molar-refractivity contribution in [2.24, 2.45) is 0 Å². The monoisotopic (exact) mass is 487 g/mol. The van der Waals surface area contributed by atoms with Crippen LogP contribution in [-0.2, 0) is 25.9 Å². The number of alkyl halides is 3. The largest absolute Gasteiger partial charge is 0.418 e. The number of fused-ring (bicyclic) bond motifs is 3. The van der Waals surface area contributed by atoms with Crippen LogP contribution in [0.2, 0.25) is 0 Å². The number of benzene rings is 1. The molecule has 7 nitrogen and oxygen atoms in total. The van der Waals surface area contributed by atoms with Gasteiger partial charge in [-0.05, 0) is 42.7 Å². The smallest absolute Gasteiger partial charge is 0.348 e.